The fourth-order valence-electron chi connectivity index (χ4n) is 2.75. The van der Waals surface area contributed by atoms with Gasteiger partial charge in [0.15, 0.2) is 5.13 Å². The van der Waals surface area contributed by atoms with Gasteiger partial charge >= 0.3 is 11.8 Å². The lowest BCUT2D eigenvalue weighted by Crippen LogP contribution is -2.41. The first-order valence-corrected chi connectivity index (χ1v) is 10.8. The molecule has 0 fully saturated rings. The normalized spacial score (nSPS) is 11.2. The summed E-state index contributed by atoms with van der Waals surface area (Å²) in [7, 11) is 0. The molecule has 0 aliphatic rings. The summed E-state index contributed by atoms with van der Waals surface area (Å²) in [6, 6.07) is 11.5. The summed E-state index contributed by atoms with van der Waals surface area (Å²) in [6.07, 6.45) is 3.15. The minimum absolute atomic E-state index is 0.0559. The number of non-ortho nitro benzene ring substituents is 2. The topological polar surface area (TPSA) is 208 Å². The van der Waals surface area contributed by atoms with Crippen LogP contribution in [-0.4, -0.2) is 32.4 Å². The van der Waals surface area contributed by atoms with Crippen molar-refractivity contribution in [2.24, 2.45) is 10.9 Å². The first-order chi connectivity index (χ1) is 17.2. The number of allylic oxidation sites excluding steroid dienone is 1. The van der Waals surface area contributed by atoms with Crippen LogP contribution < -0.4 is 22.0 Å². The Morgan fingerprint density at radius 3 is 2.14 bits per heavy atom. The Bertz CT molecular complexity index is 1370. The van der Waals surface area contributed by atoms with Gasteiger partial charge in [0, 0.05) is 30.0 Å². The average molecular weight is 510 g/mol. The number of benzene rings is 2. The molecule has 1 heterocycles. The zero-order valence-electron chi connectivity index (χ0n) is 18.5. The summed E-state index contributed by atoms with van der Waals surface area (Å²) in [5, 5.41) is 29.2. The van der Waals surface area contributed by atoms with Crippen molar-refractivity contribution in [3.05, 3.63) is 91.0 Å². The van der Waals surface area contributed by atoms with E-state index in [1.807, 2.05) is 0 Å². The number of hydrazine groups is 1. The van der Waals surface area contributed by atoms with E-state index >= 15 is 0 Å². The maximum atomic E-state index is 11.8. The highest BCUT2D eigenvalue weighted by molar-refractivity contribution is 7.17. The Hall–Kier alpha value is -5.02. The number of nitrogens with two attached hydrogens (primary N) is 1. The van der Waals surface area contributed by atoms with Crippen molar-refractivity contribution < 1.29 is 19.4 Å². The average Bonchev–Trinajstić information content (AvgIpc) is 3.23. The van der Waals surface area contributed by atoms with Crippen molar-refractivity contribution in [3.63, 3.8) is 0 Å². The molecule has 0 saturated carbocycles. The molecule has 2 amide bonds. The number of nitrogens with one attached hydrogen (secondary N) is 3. The second kappa shape index (κ2) is 11.4. The summed E-state index contributed by atoms with van der Waals surface area (Å²) in [5.74, 6) is 2.77. The highest BCUT2D eigenvalue weighted by atomic mass is 32.1. The van der Waals surface area contributed by atoms with Gasteiger partial charge in [0.25, 0.3) is 11.4 Å². The van der Waals surface area contributed by atoms with Gasteiger partial charge in [-0.25, -0.2) is 16.3 Å². The third-order valence-corrected chi connectivity index (χ3v) is 5.61. The van der Waals surface area contributed by atoms with Crippen LogP contribution in [0.2, 0.25) is 0 Å². The summed E-state index contributed by atoms with van der Waals surface area (Å²) < 4.78 is 0. The van der Waals surface area contributed by atoms with Crippen molar-refractivity contribution in [1.82, 2.24) is 15.8 Å². The van der Waals surface area contributed by atoms with Gasteiger partial charge in [-0.2, -0.15) is 5.10 Å². The van der Waals surface area contributed by atoms with Gasteiger partial charge in [0.1, 0.15) is 5.71 Å². The Balaban J connectivity index is 1.89. The molecule has 15 heteroatoms. The van der Waals surface area contributed by atoms with Crippen LogP contribution >= 0.6 is 11.3 Å². The Morgan fingerprint density at radius 2 is 1.58 bits per heavy atom. The molecule has 184 valence electrons. The molecule has 0 atom stereocenters. The number of hydrogen-bond donors (Lipinski definition) is 4. The van der Waals surface area contributed by atoms with Crippen molar-refractivity contribution in [2.75, 3.05) is 5.32 Å². The van der Waals surface area contributed by atoms with E-state index in [1.54, 1.807) is 18.4 Å². The van der Waals surface area contributed by atoms with E-state index in [2.05, 4.69) is 20.8 Å². The Morgan fingerprint density at radius 1 is 1.00 bits per heavy atom. The fraction of sp³-hybridized carbons (Fsp3) is 0.0476. The lowest BCUT2D eigenvalue weighted by molar-refractivity contribution is -0.385. The molecule has 14 nitrogen and oxygen atoms in total. The molecular weight excluding hydrogens is 492 g/mol. The second-order valence-corrected chi connectivity index (χ2v) is 7.96. The second-order valence-electron chi connectivity index (χ2n) is 6.96. The molecular formula is C21H18N8O6S. The molecule has 36 heavy (non-hydrogen) atoms. The minimum Gasteiger partial charge on any atom is -0.332 e. The third-order valence-electron chi connectivity index (χ3n) is 4.51. The number of hydrogen-bond acceptors (Lipinski definition) is 11. The summed E-state index contributed by atoms with van der Waals surface area (Å²) in [5.41, 5.74) is 5.63. The number of rotatable bonds is 8. The molecule has 0 aliphatic carbocycles. The molecule has 3 rings (SSSR count). The number of amides is 2. The number of thiazole rings is 1. The molecule has 1 aromatic heterocycles. The molecule has 2 aromatic carbocycles. The molecule has 0 radical (unpaired) electrons. The number of carbonyl (C=O) groups excluding carboxylic acids is 2. The maximum absolute atomic E-state index is 11.8. The van der Waals surface area contributed by atoms with Crippen LogP contribution in [0.1, 0.15) is 16.1 Å². The number of aromatic nitrogens is 1. The molecule has 0 aliphatic heterocycles. The van der Waals surface area contributed by atoms with E-state index in [0.29, 0.717) is 27.0 Å². The first kappa shape index (κ1) is 25.6. The van der Waals surface area contributed by atoms with Gasteiger partial charge < -0.3 is 5.32 Å². The van der Waals surface area contributed by atoms with Crippen LogP contribution in [0.3, 0.4) is 0 Å². The van der Waals surface area contributed by atoms with Gasteiger partial charge in [-0.1, -0.05) is 17.4 Å². The zero-order valence-corrected chi connectivity index (χ0v) is 19.3. The number of hydrazone groups is 1. The van der Waals surface area contributed by atoms with Crippen LogP contribution in [0, 0.1) is 27.2 Å². The molecule has 5 N–H and O–H groups in total. The summed E-state index contributed by atoms with van der Waals surface area (Å²) >= 11 is 1.18. The maximum Gasteiger partial charge on any atom is 0.330 e. The highest BCUT2D eigenvalue weighted by Crippen LogP contribution is 2.28. The largest absolute Gasteiger partial charge is 0.332 e. The Labute approximate surface area is 206 Å². The summed E-state index contributed by atoms with van der Waals surface area (Å²) in [6.45, 7) is 1.70. The van der Waals surface area contributed by atoms with Gasteiger partial charge in [-0.15, -0.1) is 0 Å². The number of anilines is 2. The lowest BCUT2D eigenvalue weighted by atomic mass is 10.1. The highest BCUT2D eigenvalue weighted by Gasteiger charge is 2.16. The molecule has 0 bridgehead atoms. The quantitative estimate of drug-likeness (QED) is 0.0875. The number of nitro benzene ring substituents is 2. The van der Waals surface area contributed by atoms with Crippen molar-refractivity contribution in [3.8, 4) is 0 Å². The van der Waals surface area contributed by atoms with Gasteiger partial charge in [0.05, 0.1) is 20.4 Å². The smallest absolute Gasteiger partial charge is 0.330 e. The lowest BCUT2D eigenvalue weighted by Gasteiger charge is -2.02. The van der Waals surface area contributed by atoms with E-state index in [1.165, 1.54) is 65.9 Å². The Kier molecular flexibility index (Phi) is 8.11. The van der Waals surface area contributed by atoms with E-state index in [9.17, 15) is 29.8 Å². The van der Waals surface area contributed by atoms with Gasteiger partial charge in [-0.3, -0.25) is 35.2 Å². The third kappa shape index (κ3) is 6.52. The predicted octanol–water partition coefficient (Wildman–Crippen LogP) is 2.54. The minimum atomic E-state index is -1.10. The molecule has 3 aromatic rings. The van der Waals surface area contributed by atoms with E-state index < -0.39 is 21.7 Å². The van der Waals surface area contributed by atoms with Crippen LogP contribution in [0.15, 0.2) is 59.7 Å². The van der Waals surface area contributed by atoms with E-state index in [4.69, 9.17) is 5.84 Å². The molecule has 0 spiro atoms. The molecule has 0 saturated heterocycles. The predicted molar refractivity (Wildman–Crippen MR) is 132 cm³/mol. The number of aryl methyl sites for hydroxylation is 1. The molecule has 0 unspecified atom stereocenters. The van der Waals surface area contributed by atoms with Crippen molar-refractivity contribution in [2.45, 2.75) is 6.92 Å². The zero-order chi connectivity index (χ0) is 26.2. The standard InChI is InChI=1S/C21H18N8O6S/c1-12-18(36-21(23-12)24-14-5-9-16(10-6-14)29(34)35)17(26-27-20(31)19(30)25-22)11-4-13-2-7-15(8-3-13)28(32)33/h2-11H,22H2,1H3,(H,23,24)(H,25,30)(H,27,31)/b11-4+,26-17-. The van der Waals surface area contributed by atoms with Gasteiger partial charge in [-0.05, 0) is 42.8 Å². The van der Waals surface area contributed by atoms with Crippen LogP contribution in [0.25, 0.3) is 6.08 Å². The number of nitro groups is 2. The van der Waals surface area contributed by atoms with Crippen LogP contribution in [0.4, 0.5) is 22.2 Å². The number of nitrogens with zero attached hydrogens (tertiary/aromatic N) is 4. The first-order valence-electron chi connectivity index (χ1n) is 9.98. The number of carbonyl (C=O) groups is 2. The SMILES string of the molecule is Cc1nc(Nc2ccc([N+](=O)[O-])cc2)sc1C(/C=C/c1ccc([N+](=O)[O-])cc1)=N\NC(=O)C(=O)NN. The van der Waals surface area contributed by atoms with Gasteiger partial charge in [0.2, 0.25) is 0 Å². The van der Waals surface area contributed by atoms with Crippen molar-refractivity contribution in [1.29, 1.82) is 0 Å². The monoisotopic (exact) mass is 510 g/mol. The van der Waals surface area contributed by atoms with Crippen LogP contribution in [-0.2, 0) is 9.59 Å². The summed E-state index contributed by atoms with van der Waals surface area (Å²) in [4.78, 5) is 48.9. The van der Waals surface area contributed by atoms with E-state index in [-0.39, 0.29) is 17.1 Å². The van der Waals surface area contributed by atoms with Crippen molar-refractivity contribution >= 4 is 57.1 Å². The fourth-order valence-corrected chi connectivity index (χ4v) is 3.71. The van der Waals surface area contributed by atoms with Crippen LogP contribution in [0.5, 0.6) is 0 Å². The van der Waals surface area contributed by atoms with E-state index in [0.717, 1.165) is 0 Å².